The molecule has 0 heterocycles. The van der Waals surface area contributed by atoms with Gasteiger partial charge in [-0.15, -0.1) is 0 Å². The Morgan fingerprint density at radius 1 is 0.639 bits per heavy atom. The van der Waals surface area contributed by atoms with Crippen LogP contribution in [0.15, 0.2) is 24.3 Å². The molecule has 0 spiro atoms. The summed E-state index contributed by atoms with van der Waals surface area (Å²) in [6.45, 7) is 4.19. The number of carbonyl (C=O) groups is 1. The van der Waals surface area contributed by atoms with Gasteiger partial charge in [-0.25, -0.2) is 0 Å². The summed E-state index contributed by atoms with van der Waals surface area (Å²) in [6.07, 6.45) is 34.3. The van der Waals surface area contributed by atoms with Crippen molar-refractivity contribution >= 4 is 5.91 Å². The largest absolute Gasteiger partial charge is 0.394 e. The minimum atomic E-state index is -0.853. The summed E-state index contributed by atoms with van der Waals surface area (Å²) >= 11 is 0. The molecule has 4 heteroatoms. The molecule has 2 atom stereocenters. The van der Waals surface area contributed by atoms with Crippen molar-refractivity contribution in [1.29, 1.82) is 0 Å². The molecule has 0 aliphatic carbocycles. The topological polar surface area (TPSA) is 69.6 Å². The summed E-state index contributed by atoms with van der Waals surface area (Å²) in [5, 5.41) is 22.6. The van der Waals surface area contributed by atoms with Gasteiger partial charge in [0.1, 0.15) is 0 Å². The van der Waals surface area contributed by atoms with Gasteiger partial charge in [-0.2, -0.15) is 0 Å². The fourth-order valence-corrected chi connectivity index (χ4v) is 4.48. The van der Waals surface area contributed by atoms with E-state index in [9.17, 15) is 15.0 Å². The number of unbranched alkanes of at least 4 members (excludes halogenated alkanes) is 18. The van der Waals surface area contributed by atoms with Crippen LogP contribution >= 0.6 is 0 Å². The van der Waals surface area contributed by atoms with Crippen LogP contribution in [0.3, 0.4) is 0 Å². The Hall–Kier alpha value is -1.13. The van der Waals surface area contributed by atoms with Crippen molar-refractivity contribution in [3.05, 3.63) is 24.3 Å². The zero-order valence-corrected chi connectivity index (χ0v) is 24.0. The summed E-state index contributed by atoms with van der Waals surface area (Å²) in [4.78, 5) is 12.0. The van der Waals surface area contributed by atoms with Crippen molar-refractivity contribution in [2.24, 2.45) is 0 Å². The van der Waals surface area contributed by atoms with Crippen LogP contribution in [0.5, 0.6) is 0 Å². The van der Waals surface area contributed by atoms with Crippen LogP contribution < -0.4 is 5.32 Å². The standard InChI is InChI=1S/C32H61NO3/c1-3-5-7-9-10-11-12-13-14-15-16-17-18-19-20-21-22-24-25-27-31(35)30(29-34)33-32(36)28-26-23-8-6-4-2/h20-21,25,27,30-31,34-35H,3-19,22-24,26,28-29H2,1-2H3,(H,33,36)/b21-20+,27-25+. The van der Waals surface area contributed by atoms with Crippen LogP contribution in [0.4, 0.5) is 0 Å². The van der Waals surface area contributed by atoms with Crippen molar-refractivity contribution < 1.29 is 15.0 Å². The maximum absolute atomic E-state index is 12.0. The molecule has 0 rings (SSSR count). The number of aliphatic hydroxyl groups excluding tert-OH is 2. The van der Waals surface area contributed by atoms with Crippen LogP contribution in [0, 0.1) is 0 Å². The molecule has 1 amide bonds. The van der Waals surface area contributed by atoms with Gasteiger partial charge in [-0.05, 0) is 32.1 Å². The highest BCUT2D eigenvalue weighted by molar-refractivity contribution is 5.76. The normalized spacial score (nSPS) is 13.6. The number of rotatable bonds is 27. The molecule has 0 saturated carbocycles. The van der Waals surface area contributed by atoms with E-state index in [2.05, 4.69) is 31.3 Å². The smallest absolute Gasteiger partial charge is 0.220 e. The van der Waals surface area contributed by atoms with Gasteiger partial charge in [0, 0.05) is 6.42 Å². The maximum atomic E-state index is 12.0. The molecule has 0 aliphatic heterocycles. The van der Waals surface area contributed by atoms with E-state index in [1.165, 1.54) is 96.3 Å². The van der Waals surface area contributed by atoms with E-state index in [-0.39, 0.29) is 12.5 Å². The predicted molar refractivity (Wildman–Crippen MR) is 156 cm³/mol. The van der Waals surface area contributed by atoms with E-state index in [1.54, 1.807) is 6.08 Å². The first-order chi connectivity index (χ1) is 17.7. The molecule has 0 aromatic rings. The van der Waals surface area contributed by atoms with E-state index < -0.39 is 12.1 Å². The second kappa shape index (κ2) is 28.4. The highest BCUT2D eigenvalue weighted by atomic mass is 16.3. The molecule has 0 radical (unpaired) electrons. The molecule has 36 heavy (non-hydrogen) atoms. The molecule has 0 fully saturated rings. The van der Waals surface area contributed by atoms with Crippen LogP contribution in [0.2, 0.25) is 0 Å². The lowest BCUT2D eigenvalue weighted by Crippen LogP contribution is -2.45. The molecule has 0 saturated heterocycles. The minimum absolute atomic E-state index is 0.0888. The van der Waals surface area contributed by atoms with Gasteiger partial charge in [-0.3, -0.25) is 4.79 Å². The Labute approximate surface area is 224 Å². The second-order valence-electron chi connectivity index (χ2n) is 10.5. The lowest BCUT2D eigenvalue weighted by molar-refractivity contribution is -0.123. The van der Waals surface area contributed by atoms with Crippen molar-refractivity contribution in [3.8, 4) is 0 Å². The van der Waals surface area contributed by atoms with E-state index in [1.807, 2.05) is 6.08 Å². The average Bonchev–Trinajstić information content (AvgIpc) is 2.88. The molecule has 2 unspecified atom stereocenters. The van der Waals surface area contributed by atoms with Gasteiger partial charge >= 0.3 is 0 Å². The lowest BCUT2D eigenvalue weighted by Gasteiger charge is -2.19. The van der Waals surface area contributed by atoms with E-state index in [0.29, 0.717) is 6.42 Å². The molecule has 0 aromatic carbocycles. The van der Waals surface area contributed by atoms with E-state index in [0.717, 1.165) is 38.5 Å². The maximum Gasteiger partial charge on any atom is 0.220 e. The minimum Gasteiger partial charge on any atom is -0.394 e. The van der Waals surface area contributed by atoms with Crippen molar-refractivity contribution in [2.45, 2.75) is 167 Å². The Bertz CT molecular complexity index is 518. The molecule has 4 nitrogen and oxygen atoms in total. The van der Waals surface area contributed by atoms with Crippen LogP contribution in [-0.4, -0.2) is 34.9 Å². The fourth-order valence-electron chi connectivity index (χ4n) is 4.48. The quantitative estimate of drug-likeness (QED) is 0.0770. The highest BCUT2D eigenvalue weighted by Gasteiger charge is 2.17. The zero-order valence-electron chi connectivity index (χ0n) is 24.0. The van der Waals surface area contributed by atoms with Crippen LogP contribution in [0.1, 0.15) is 155 Å². The monoisotopic (exact) mass is 507 g/mol. The number of hydrogen-bond donors (Lipinski definition) is 3. The first-order valence-electron chi connectivity index (χ1n) is 15.6. The van der Waals surface area contributed by atoms with Gasteiger partial charge in [0.05, 0.1) is 18.8 Å². The van der Waals surface area contributed by atoms with Gasteiger partial charge < -0.3 is 15.5 Å². The van der Waals surface area contributed by atoms with Crippen molar-refractivity contribution in [3.63, 3.8) is 0 Å². The number of aliphatic hydroxyl groups is 2. The van der Waals surface area contributed by atoms with Gasteiger partial charge in [0.15, 0.2) is 0 Å². The Morgan fingerprint density at radius 3 is 1.61 bits per heavy atom. The number of hydrogen-bond acceptors (Lipinski definition) is 3. The summed E-state index contributed by atoms with van der Waals surface area (Å²) < 4.78 is 0. The second-order valence-corrected chi connectivity index (χ2v) is 10.5. The summed E-state index contributed by atoms with van der Waals surface area (Å²) in [5.74, 6) is -0.0888. The molecule has 212 valence electrons. The van der Waals surface area contributed by atoms with Gasteiger partial charge in [-0.1, -0.05) is 141 Å². The predicted octanol–water partition coefficient (Wildman–Crippen LogP) is 8.56. The molecule has 0 aliphatic rings. The highest BCUT2D eigenvalue weighted by Crippen LogP contribution is 2.13. The van der Waals surface area contributed by atoms with Crippen molar-refractivity contribution in [2.75, 3.05) is 6.61 Å². The molecular weight excluding hydrogens is 446 g/mol. The summed E-state index contributed by atoms with van der Waals surface area (Å²) in [5.41, 5.74) is 0. The number of allylic oxidation sites excluding steroid dienone is 3. The van der Waals surface area contributed by atoms with Crippen LogP contribution in [0.25, 0.3) is 0 Å². The SMILES string of the molecule is CCCCCCCCCCCCCCC/C=C/CC/C=C/C(O)C(CO)NC(=O)CCCCCCC. The Kier molecular flexibility index (Phi) is 27.5. The first-order valence-corrected chi connectivity index (χ1v) is 15.6. The zero-order chi connectivity index (χ0) is 26.5. The summed E-state index contributed by atoms with van der Waals surface area (Å²) in [6, 6.07) is -0.629. The average molecular weight is 508 g/mol. The summed E-state index contributed by atoms with van der Waals surface area (Å²) in [7, 11) is 0. The Balaban J connectivity index is 3.62. The van der Waals surface area contributed by atoms with Crippen LogP contribution in [-0.2, 0) is 4.79 Å². The van der Waals surface area contributed by atoms with E-state index in [4.69, 9.17) is 0 Å². The third-order valence-corrected chi connectivity index (χ3v) is 6.94. The first kappa shape index (κ1) is 34.9. The van der Waals surface area contributed by atoms with Gasteiger partial charge in [0.2, 0.25) is 5.91 Å². The number of nitrogens with one attached hydrogen (secondary N) is 1. The third-order valence-electron chi connectivity index (χ3n) is 6.94. The third kappa shape index (κ3) is 24.6. The fraction of sp³-hybridized carbons (Fsp3) is 0.844. The molecule has 3 N–H and O–H groups in total. The molecular formula is C32H61NO3. The number of amides is 1. The molecule has 0 aromatic heterocycles. The van der Waals surface area contributed by atoms with Gasteiger partial charge in [0.25, 0.3) is 0 Å². The lowest BCUT2D eigenvalue weighted by atomic mass is 10.0. The number of carbonyl (C=O) groups excluding carboxylic acids is 1. The van der Waals surface area contributed by atoms with E-state index >= 15 is 0 Å². The van der Waals surface area contributed by atoms with Crippen molar-refractivity contribution in [1.82, 2.24) is 5.32 Å². The molecule has 0 bridgehead atoms. The Morgan fingerprint density at radius 2 is 1.08 bits per heavy atom.